The molecule has 5 aromatic rings. The van der Waals surface area contributed by atoms with E-state index in [9.17, 15) is 0 Å². The molecule has 0 N–H and O–H groups in total. The molecule has 12 heteroatoms. The monoisotopic (exact) mass is 913 g/mol. The van der Waals surface area contributed by atoms with Crippen LogP contribution in [0.15, 0.2) is 111 Å². The van der Waals surface area contributed by atoms with Gasteiger partial charge in [-0.2, -0.15) is 0 Å². The second kappa shape index (κ2) is 16.4. The van der Waals surface area contributed by atoms with Crippen molar-refractivity contribution in [3.05, 3.63) is 128 Å². The lowest BCUT2D eigenvalue weighted by Gasteiger charge is -2.32. The Bertz CT molecular complexity index is 2420. The minimum absolute atomic E-state index is 0.189. The Morgan fingerprint density at radius 3 is 1.52 bits per heavy atom. The first-order chi connectivity index (χ1) is 27.7. The molecule has 0 radical (unpaired) electrons. The fraction of sp³-hybridized carbons (Fsp3) is 0.304. The molecule has 7 nitrogen and oxygen atoms in total. The van der Waals surface area contributed by atoms with Gasteiger partial charge in [0.1, 0.15) is 30.3 Å². The van der Waals surface area contributed by atoms with E-state index in [4.69, 9.17) is 14.5 Å². The molecule has 58 heavy (non-hydrogen) atoms. The van der Waals surface area contributed by atoms with Gasteiger partial charge in [-0.1, -0.05) is 48.5 Å². The molecule has 0 spiro atoms. The van der Waals surface area contributed by atoms with E-state index in [2.05, 4.69) is 97.9 Å². The molecule has 2 aliphatic rings. The Hall–Kier alpha value is -4.36. The van der Waals surface area contributed by atoms with Crippen LogP contribution in [0, 0.1) is 0 Å². The zero-order valence-electron chi connectivity index (χ0n) is 34.6. The van der Waals surface area contributed by atoms with E-state index in [1.165, 1.54) is 11.1 Å². The summed E-state index contributed by atoms with van der Waals surface area (Å²) in [5.74, 6) is 1.65. The summed E-state index contributed by atoms with van der Waals surface area (Å²) in [7, 11) is 7.69. The van der Waals surface area contributed by atoms with Crippen molar-refractivity contribution in [2.24, 2.45) is 4.99 Å². The highest BCUT2D eigenvalue weighted by molar-refractivity contribution is 9.12. The van der Waals surface area contributed by atoms with Crippen LogP contribution in [0.25, 0.3) is 28.0 Å². The van der Waals surface area contributed by atoms with Gasteiger partial charge in [0, 0.05) is 22.4 Å². The number of hydrogen-bond acceptors (Lipinski definition) is 3. The number of aromatic nitrogens is 1. The third-order valence-corrected chi connectivity index (χ3v) is 14.0. The van der Waals surface area contributed by atoms with Gasteiger partial charge in [-0.25, -0.2) is 0 Å². The number of rotatable bonds is 14. The summed E-state index contributed by atoms with van der Waals surface area (Å²) >= 11 is 7.75. The van der Waals surface area contributed by atoms with Gasteiger partial charge in [0.15, 0.2) is 0 Å². The highest BCUT2D eigenvalue weighted by Crippen LogP contribution is 2.52. The van der Waals surface area contributed by atoms with Crippen LogP contribution in [0.4, 0.5) is 14.4 Å². The van der Waals surface area contributed by atoms with Crippen molar-refractivity contribution in [2.45, 2.75) is 40.8 Å². The first-order valence-electron chi connectivity index (χ1n) is 20.0. The SMILES string of the molecule is CC[N+](C)(CC)Cc1ccc(C2=C(Br)C(c3ccc(OC)cc3)=[N+]3C2=Nc2c(-c4ccc(C[N+](C)(CC)CC)cc4)c(Br)c(-c4ccc(OC)cc4)n2[B-]3(F)F)cc1. The average Bonchev–Trinajstić information content (AvgIpc) is 3.72. The van der Waals surface area contributed by atoms with Gasteiger partial charge in [0.25, 0.3) is 5.84 Å². The number of aliphatic imine (C=N–C) groups is 1. The topological polar surface area (TPSA) is 38.8 Å². The van der Waals surface area contributed by atoms with Gasteiger partial charge in [0.2, 0.25) is 5.82 Å². The van der Waals surface area contributed by atoms with Crippen molar-refractivity contribution in [1.82, 2.24) is 4.48 Å². The third kappa shape index (κ3) is 7.42. The molecule has 1 aromatic heterocycles. The Morgan fingerprint density at radius 1 is 0.638 bits per heavy atom. The van der Waals surface area contributed by atoms with E-state index in [1.807, 2.05) is 48.5 Å². The van der Waals surface area contributed by atoms with E-state index in [0.29, 0.717) is 54.1 Å². The van der Waals surface area contributed by atoms with Gasteiger partial charge < -0.3 is 36.0 Å². The number of methoxy groups -OCH3 is 2. The predicted molar refractivity (Wildman–Crippen MR) is 242 cm³/mol. The number of benzene rings is 4. The van der Waals surface area contributed by atoms with Crippen LogP contribution in [0.3, 0.4) is 0 Å². The Balaban J connectivity index is 1.48. The van der Waals surface area contributed by atoms with Crippen molar-refractivity contribution >= 4 is 61.8 Å². The van der Waals surface area contributed by atoms with Crippen molar-refractivity contribution in [3.8, 4) is 33.9 Å². The molecule has 0 fully saturated rings. The second-order valence-corrected chi connectivity index (χ2v) is 17.4. The maximum atomic E-state index is 18.3. The van der Waals surface area contributed by atoms with Crippen LogP contribution >= 0.6 is 31.9 Å². The molecule has 2 aliphatic heterocycles. The smallest absolute Gasteiger partial charge is 0.497 e. The highest BCUT2D eigenvalue weighted by Gasteiger charge is 2.56. The molecular weight excluding hydrogens is 863 g/mol. The minimum Gasteiger partial charge on any atom is -0.497 e. The van der Waals surface area contributed by atoms with Crippen molar-refractivity contribution < 1.29 is 31.6 Å². The Labute approximate surface area is 358 Å². The predicted octanol–water partition coefficient (Wildman–Crippen LogP) is 11.2. The molecule has 0 amide bonds. The second-order valence-electron chi connectivity index (χ2n) is 15.8. The van der Waals surface area contributed by atoms with E-state index >= 15 is 8.63 Å². The van der Waals surface area contributed by atoms with Crippen molar-refractivity contribution in [3.63, 3.8) is 0 Å². The van der Waals surface area contributed by atoms with Crippen molar-refractivity contribution in [2.75, 3.05) is 54.5 Å². The van der Waals surface area contributed by atoms with Gasteiger partial charge in [-0.05, 0) is 130 Å². The molecule has 0 aliphatic carbocycles. The molecule has 3 heterocycles. The number of hydrogen-bond donors (Lipinski definition) is 0. The number of ether oxygens (including phenoxy) is 2. The van der Waals surface area contributed by atoms with Crippen LogP contribution in [0.5, 0.6) is 11.5 Å². The number of nitrogens with zero attached hydrogens (tertiary/aromatic N) is 5. The number of allylic oxidation sites excluding steroid dienone is 1. The van der Waals surface area contributed by atoms with Gasteiger partial charge >= 0.3 is 6.97 Å². The average molecular weight is 916 g/mol. The van der Waals surface area contributed by atoms with Crippen LogP contribution in [0.1, 0.15) is 49.9 Å². The zero-order valence-corrected chi connectivity index (χ0v) is 37.8. The molecular formula is C46H52BBr2F2N5O2+2. The number of quaternary nitrogens is 2. The Kier molecular flexibility index (Phi) is 11.8. The summed E-state index contributed by atoms with van der Waals surface area (Å²) in [4.78, 5) is 5.30. The lowest BCUT2D eigenvalue weighted by molar-refractivity contribution is -0.919. The first-order valence-corrected chi connectivity index (χ1v) is 21.6. The third-order valence-electron chi connectivity index (χ3n) is 12.5. The summed E-state index contributed by atoms with van der Waals surface area (Å²) in [6.45, 7) is 10.0. The van der Waals surface area contributed by atoms with Crippen LogP contribution in [0.2, 0.25) is 0 Å². The molecule has 0 unspecified atom stereocenters. The molecule has 7 rings (SSSR count). The fourth-order valence-corrected chi connectivity index (χ4v) is 9.66. The van der Waals surface area contributed by atoms with E-state index in [0.717, 1.165) is 68.3 Å². The molecule has 302 valence electrons. The largest absolute Gasteiger partial charge is 0.642 e. The summed E-state index contributed by atoms with van der Waals surface area (Å²) in [5, 5.41) is 0. The van der Waals surface area contributed by atoms with E-state index in [-0.39, 0.29) is 11.7 Å². The van der Waals surface area contributed by atoms with Crippen LogP contribution in [-0.4, -0.2) is 90.9 Å². The van der Waals surface area contributed by atoms with Crippen LogP contribution in [-0.2, 0) is 13.1 Å². The fourth-order valence-electron chi connectivity index (χ4n) is 8.01. The first kappa shape index (κ1) is 41.8. The van der Waals surface area contributed by atoms with Gasteiger partial charge in [0.05, 0.1) is 74.6 Å². The molecule has 0 bridgehead atoms. The number of fused-ring (bicyclic) bond motifs is 2. The lowest BCUT2D eigenvalue weighted by atomic mass is 9.90. The normalized spacial score (nSPS) is 15.1. The minimum atomic E-state index is -4.56. The standard InChI is InChI=1S/C46H52BBr2F2N5O2/c1-9-55(5,10-2)29-31-13-17-33(18-14-31)39-41(48)43(35-21-25-37(57-7)26-22-35)53-45(39)52-46-40(34-19-15-32(16-20-34)30-56(6,11-3)12-4)42(49)44(54(46)47(53,50)51)36-23-27-38(58-8)28-24-36/h13-28H,9-12,29-30H2,1-8H3/q+2. The quantitative estimate of drug-likeness (QED) is 0.0822. The van der Waals surface area contributed by atoms with Gasteiger partial charge in [-0.3, -0.25) is 0 Å². The summed E-state index contributed by atoms with van der Waals surface area (Å²) in [5.41, 5.74) is 7.06. The lowest BCUT2D eigenvalue weighted by Crippen LogP contribution is -2.53. The van der Waals surface area contributed by atoms with E-state index in [1.54, 1.807) is 38.5 Å². The molecule has 0 saturated heterocycles. The maximum absolute atomic E-state index is 18.3. The zero-order chi connectivity index (χ0) is 41.6. The van der Waals surface area contributed by atoms with Crippen LogP contribution < -0.4 is 9.47 Å². The maximum Gasteiger partial charge on any atom is 0.642 e. The number of amidine groups is 1. The van der Waals surface area contributed by atoms with E-state index < -0.39 is 6.97 Å². The summed E-state index contributed by atoms with van der Waals surface area (Å²) in [6.07, 6.45) is 0. The molecule has 4 aromatic carbocycles. The molecule has 0 saturated carbocycles. The van der Waals surface area contributed by atoms with Gasteiger partial charge in [-0.15, -0.1) is 0 Å². The highest BCUT2D eigenvalue weighted by atomic mass is 79.9. The number of halogens is 4. The summed E-state index contributed by atoms with van der Waals surface area (Å²) < 4.78 is 52.6. The molecule has 0 atom stereocenters. The Morgan fingerprint density at radius 2 is 1.07 bits per heavy atom. The van der Waals surface area contributed by atoms with Crippen molar-refractivity contribution in [1.29, 1.82) is 0 Å². The summed E-state index contributed by atoms with van der Waals surface area (Å²) in [6, 6.07) is 31.0.